The summed E-state index contributed by atoms with van der Waals surface area (Å²) in [5.74, 6) is 0. The summed E-state index contributed by atoms with van der Waals surface area (Å²) in [4.78, 5) is 6.41. The predicted octanol–water partition coefficient (Wildman–Crippen LogP) is 4.63. The van der Waals surface area contributed by atoms with E-state index in [4.69, 9.17) is 0 Å². The third kappa shape index (κ3) is 7.60. The quantitative estimate of drug-likeness (QED) is 0.569. The molecule has 3 heteroatoms. The van der Waals surface area contributed by atoms with Crippen LogP contribution in [0.5, 0.6) is 0 Å². The first-order valence-electron chi connectivity index (χ1n) is 8.87. The summed E-state index contributed by atoms with van der Waals surface area (Å²) in [6.07, 6.45) is 18.2. The van der Waals surface area contributed by atoms with Gasteiger partial charge in [0, 0.05) is 31.7 Å². The van der Waals surface area contributed by atoms with Gasteiger partial charge in [-0.05, 0) is 75.6 Å². The van der Waals surface area contributed by atoms with Crippen molar-refractivity contribution in [2.24, 2.45) is 4.99 Å². The summed E-state index contributed by atoms with van der Waals surface area (Å²) >= 11 is 0. The van der Waals surface area contributed by atoms with E-state index in [2.05, 4.69) is 54.3 Å². The zero-order chi connectivity index (χ0) is 17.8. The molecule has 0 unspecified atom stereocenters. The number of likely N-dealkylation sites (tertiary alicyclic amines) is 1. The summed E-state index contributed by atoms with van der Waals surface area (Å²) in [6, 6.07) is 0. The Balaban J connectivity index is 2.85. The van der Waals surface area contributed by atoms with Gasteiger partial charge in [-0.2, -0.15) is 0 Å². The molecule has 1 N–H and O–H groups in total. The molecule has 3 nitrogen and oxygen atoms in total. The second kappa shape index (κ2) is 11.6. The molecule has 1 saturated heterocycles. The first-order valence-corrected chi connectivity index (χ1v) is 8.87. The first kappa shape index (κ1) is 20.2. The third-order valence-electron chi connectivity index (χ3n) is 3.97. The molecule has 1 aliphatic heterocycles. The average molecular weight is 328 g/mol. The van der Waals surface area contributed by atoms with Crippen molar-refractivity contribution >= 4 is 6.21 Å². The molecule has 0 saturated carbocycles. The van der Waals surface area contributed by atoms with Gasteiger partial charge in [0.2, 0.25) is 0 Å². The molecule has 1 aliphatic rings. The summed E-state index contributed by atoms with van der Waals surface area (Å²) in [5.41, 5.74) is 5.20. The Labute approximate surface area is 148 Å². The maximum Gasteiger partial charge on any atom is 0.0339 e. The highest BCUT2D eigenvalue weighted by atomic mass is 15.1. The van der Waals surface area contributed by atoms with E-state index in [9.17, 15) is 0 Å². The van der Waals surface area contributed by atoms with Crippen molar-refractivity contribution in [2.75, 3.05) is 27.2 Å². The maximum atomic E-state index is 4.01. The molecule has 24 heavy (non-hydrogen) atoms. The number of nitrogens with one attached hydrogen (secondary N) is 1. The van der Waals surface area contributed by atoms with Crippen LogP contribution in [-0.4, -0.2) is 38.3 Å². The van der Waals surface area contributed by atoms with E-state index < -0.39 is 0 Å². The van der Waals surface area contributed by atoms with Crippen molar-refractivity contribution in [3.05, 3.63) is 59.0 Å². The van der Waals surface area contributed by atoms with E-state index >= 15 is 0 Å². The Kier molecular flexibility index (Phi) is 9.78. The largest absolute Gasteiger partial charge is 0.362 e. The number of aliphatic imine (C=N–C) groups is 1. The highest BCUT2D eigenvalue weighted by Gasteiger charge is 2.13. The van der Waals surface area contributed by atoms with Crippen LogP contribution in [0.15, 0.2) is 64.0 Å². The van der Waals surface area contributed by atoms with Gasteiger partial charge in [0.15, 0.2) is 0 Å². The fourth-order valence-electron chi connectivity index (χ4n) is 2.78. The molecule has 0 atom stereocenters. The van der Waals surface area contributed by atoms with Crippen LogP contribution in [0.25, 0.3) is 0 Å². The third-order valence-corrected chi connectivity index (χ3v) is 3.97. The molecule has 0 aromatic rings. The summed E-state index contributed by atoms with van der Waals surface area (Å²) in [6.45, 7) is 8.51. The summed E-state index contributed by atoms with van der Waals surface area (Å²) < 4.78 is 0. The number of rotatable bonds is 6. The molecule has 0 aromatic heterocycles. The van der Waals surface area contributed by atoms with E-state index in [1.807, 2.05) is 31.5 Å². The maximum absolute atomic E-state index is 4.01. The molecule has 0 amide bonds. The molecule has 0 aliphatic carbocycles. The smallest absolute Gasteiger partial charge is 0.0339 e. The Morgan fingerprint density at radius 1 is 1.33 bits per heavy atom. The molecule has 0 aromatic carbocycles. The normalized spacial score (nSPS) is 22.0. The molecule has 0 bridgehead atoms. The van der Waals surface area contributed by atoms with Crippen molar-refractivity contribution in [2.45, 2.75) is 40.0 Å². The molecule has 1 rings (SSSR count). The molecular weight excluding hydrogens is 294 g/mol. The minimum absolute atomic E-state index is 1.01. The van der Waals surface area contributed by atoms with Gasteiger partial charge < -0.3 is 10.2 Å². The fraction of sp³-hybridized carbons (Fsp3) is 0.476. The number of allylic oxidation sites excluding steroid dienone is 6. The SMILES string of the molecule is C/C=C(\C=C1\CN(C)CCCC1=CCC)N/C=C/C=C(/C)C=NC. The van der Waals surface area contributed by atoms with Crippen LogP contribution in [0.1, 0.15) is 40.0 Å². The molecule has 1 heterocycles. The Hall–Kier alpha value is -1.87. The lowest BCUT2D eigenvalue weighted by molar-refractivity contribution is 0.370. The molecule has 132 valence electrons. The van der Waals surface area contributed by atoms with E-state index in [-0.39, 0.29) is 0 Å². The van der Waals surface area contributed by atoms with Gasteiger partial charge in [0.25, 0.3) is 0 Å². The highest BCUT2D eigenvalue weighted by molar-refractivity contribution is 5.77. The van der Waals surface area contributed by atoms with Gasteiger partial charge in [-0.15, -0.1) is 0 Å². The van der Waals surface area contributed by atoms with Crippen LogP contribution >= 0.6 is 0 Å². The number of hydrogen-bond donors (Lipinski definition) is 1. The van der Waals surface area contributed by atoms with E-state index in [1.165, 1.54) is 30.5 Å². The van der Waals surface area contributed by atoms with Crippen molar-refractivity contribution < 1.29 is 0 Å². The second-order valence-corrected chi connectivity index (χ2v) is 6.19. The minimum atomic E-state index is 1.01. The Bertz CT molecular complexity index is 560. The van der Waals surface area contributed by atoms with Crippen LogP contribution < -0.4 is 5.32 Å². The van der Waals surface area contributed by atoms with Crippen LogP contribution in [-0.2, 0) is 0 Å². The van der Waals surface area contributed by atoms with Gasteiger partial charge in [0.1, 0.15) is 0 Å². The monoisotopic (exact) mass is 327 g/mol. The first-order chi connectivity index (χ1) is 11.6. The Morgan fingerprint density at radius 2 is 2.12 bits per heavy atom. The standard InChI is InChI=1S/C21H33N3/c1-6-10-19-12-9-14-24(5)17-20(19)15-21(7-2)23-13-8-11-18(3)16-22-4/h7-8,10-11,13,15-16,23H,6,9,12,14,17H2,1-5H3/b13-8+,18-11-,19-10?,20-15-,21-7+,22-16?. The van der Waals surface area contributed by atoms with Crippen LogP contribution in [0.3, 0.4) is 0 Å². The van der Waals surface area contributed by atoms with Crippen molar-refractivity contribution in [1.82, 2.24) is 10.2 Å². The topological polar surface area (TPSA) is 27.6 Å². The number of likely N-dealkylation sites (N-methyl/N-ethyl adjacent to an activating group) is 1. The Morgan fingerprint density at radius 3 is 2.79 bits per heavy atom. The molecular formula is C21H33N3. The molecule has 1 fully saturated rings. The van der Waals surface area contributed by atoms with E-state index in [1.54, 1.807) is 7.05 Å². The average Bonchev–Trinajstić information content (AvgIpc) is 2.72. The van der Waals surface area contributed by atoms with Gasteiger partial charge in [-0.3, -0.25) is 4.99 Å². The molecule has 0 radical (unpaired) electrons. The zero-order valence-electron chi connectivity index (χ0n) is 16.0. The second-order valence-electron chi connectivity index (χ2n) is 6.19. The van der Waals surface area contributed by atoms with Crippen LogP contribution in [0.2, 0.25) is 0 Å². The lowest BCUT2D eigenvalue weighted by atomic mass is 10.00. The fourth-order valence-corrected chi connectivity index (χ4v) is 2.78. The van der Waals surface area contributed by atoms with Gasteiger partial charge in [-0.25, -0.2) is 0 Å². The van der Waals surface area contributed by atoms with E-state index in [0.717, 1.165) is 24.2 Å². The predicted molar refractivity (Wildman–Crippen MR) is 107 cm³/mol. The van der Waals surface area contributed by atoms with E-state index in [0.29, 0.717) is 0 Å². The van der Waals surface area contributed by atoms with Gasteiger partial charge in [-0.1, -0.05) is 25.2 Å². The van der Waals surface area contributed by atoms with Crippen molar-refractivity contribution in [3.63, 3.8) is 0 Å². The minimum Gasteiger partial charge on any atom is -0.362 e. The lowest BCUT2D eigenvalue weighted by Crippen LogP contribution is -2.20. The zero-order valence-corrected chi connectivity index (χ0v) is 16.0. The molecule has 0 spiro atoms. The van der Waals surface area contributed by atoms with Crippen LogP contribution in [0.4, 0.5) is 0 Å². The summed E-state index contributed by atoms with van der Waals surface area (Å²) in [5, 5.41) is 3.38. The van der Waals surface area contributed by atoms with Crippen molar-refractivity contribution in [1.29, 1.82) is 0 Å². The number of nitrogens with zero attached hydrogens (tertiary/aromatic N) is 2. The van der Waals surface area contributed by atoms with Gasteiger partial charge >= 0.3 is 0 Å². The summed E-state index contributed by atoms with van der Waals surface area (Å²) in [7, 11) is 3.99. The highest BCUT2D eigenvalue weighted by Crippen LogP contribution is 2.23. The van der Waals surface area contributed by atoms with Gasteiger partial charge in [0.05, 0.1) is 0 Å². The van der Waals surface area contributed by atoms with Crippen LogP contribution in [0, 0.1) is 0 Å². The number of hydrogen-bond acceptors (Lipinski definition) is 3. The van der Waals surface area contributed by atoms with Crippen molar-refractivity contribution in [3.8, 4) is 0 Å². The lowest BCUT2D eigenvalue weighted by Gasteiger charge is -2.15.